The zero-order chi connectivity index (χ0) is 11.8. The van der Waals surface area contributed by atoms with Crippen molar-refractivity contribution in [1.82, 2.24) is 18.9 Å². The van der Waals surface area contributed by atoms with Crippen molar-refractivity contribution < 1.29 is 13.2 Å². The Kier molecular flexibility index (Phi) is 2.64. The monoisotopic (exact) mass is 249 g/mol. The van der Waals surface area contributed by atoms with Gasteiger partial charge in [-0.3, -0.25) is 4.57 Å². The number of nitrogens with zero attached hydrogens (tertiary/aromatic N) is 4. The van der Waals surface area contributed by atoms with Gasteiger partial charge in [0.25, 0.3) is 0 Å². The first-order valence-electron chi connectivity index (χ1n) is 4.16. The van der Waals surface area contributed by atoms with Gasteiger partial charge in [-0.25, -0.2) is 4.98 Å². The van der Waals surface area contributed by atoms with Gasteiger partial charge >= 0.3 is 6.18 Å². The molecule has 0 spiro atoms. The molecule has 0 unspecified atom stereocenters. The number of halogens is 3. The van der Waals surface area contributed by atoms with Gasteiger partial charge < -0.3 is 5.73 Å². The van der Waals surface area contributed by atoms with Crippen LogP contribution in [0, 0.1) is 0 Å². The molecule has 0 aliphatic heterocycles. The molecule has 2 rings (SSSR count). The Morgan fingerprint density at radius 2 is 2.19 bits per heavy atom. The van der Waals surface area contributed by atoms with E-state index in [9.17, 15) is 13.2 Å². The molecule has 5 nitrogen and oxygen atoms in total. The van der Waals surface area contributed by atoms with Crippen LogP contribution in [-0.2, 0) is 12.7 Å². The van der Waals surface area contributed by atoms with Gasteiger partial charge in [-0.05, 0) is 0 Å². The lowest BCUT2D eigenvalue weighted by molar-refractivity contribution is -0.144. The summed E-state index contributed by atoms with van der Waals surface area (Å²) in [5.74, 6) is -0.714. The third kappa shape index (κ3) is 1.91. The maximum atomic E-state index is 12.3. The van der Waals surface area contributed by atoms with E-state index in [1.807, 2.05) is 0 Å². The second kappa shape index (κ2) is 3.83. The van der Waals surface area contributed by atoms with E-state index in [4.69, 9.17) is 5.73 Å². The normalized spacial score (nSPS) is 12.0. The molecule has 86 valence electrons. The molecule has 0 atom stereocenters. The smallest absolute Gasteiger partial charge is 0.324 e. The Morgan fingerprint density at radius 1 is 1.44 bits per heavy atom. The van der Waals surface area contributed by atoms with Crippen molar-refractivity contribution in [2.24, 2.45) is 5.73 Å². The van der Waals surface area contributed by atoms with E-state index in [-0.39, 0.29) is 11.7 Å². The molecule has 0 aliphatic carbocycles. The molecule has 0 amide bonds. The van der Waals surface area contributed by atoms with Crippen molar-refractivity contribution >= 4 is 11.5 Å². The standard InChI is InChI=1S/C7H6F3N5S/c8-7(9,10)5-13-6(16-14-5)15-2-1-12-4(15)3-11/h1-2H,3,11H2. The first-order chi connectivity index (χ1) is 7.52. The second-order valence-electron chi connectivity index (χ2n) is 2.82. The van der Waals surface area contributed by atoms with Crippen LogP contribution in [0.1, 0.15) is 11.6 Å². The van der Waals surface area contributed by atoms with Crippen LogP contribution in [0.4, 0.5) is 13.2 Å². The topological polar surface area (TPSA) is 69.6 Å². The van der Waals surface area contributed by atoms with Crippen molar-refractivity contribution in [3.8, 4) is 5.13 Å². The number of aromatic nitrogens is 4. The summed E-state index contributed by atoms with van der Waals surface area (Å²) in [6.07, 6.45) is -1.60. The minimum absolute atomic E-state index is 0.102. The summed E-state index contributed by atoms with van der Waals surface area (Å²) < 4.78 is 41.4. The fourth-order valence-electron chi connectivity index (χ4n) is 1.09. The highest BCUT2D eigenvalue weighted by Gasteiger charge is 2.36. The summed E-state index contributed by atoms with van der Waals surface area (Å²) in [6, 6.07) is 0. The molecule has 0 saturated carbocycles. The van der Waals surface area contributed by atoms with Gasteiger partial charge in [0.1, 0.15) is 5.82 Å². The Labute approximate surface area is 91.9 Å². The molecule has 2 aromatic heterocycles. The summed E-state index contributed by atoms with van der Waals surface area (Å²) in [5, 5.41) is 0.102. The van der Waals surface area contributed by atoms with Gasteiger partial charge in [0.05, 0.1) is 6.54 Å². The van der Waals surface area contributed by atoms with Crippen molar-refractivity contribution in [2.75, 3.05) is 0 Å². The van der Waals surface area contributed by atoms with Gasteiger partial charge in [0.15, 0.2) is 0 Å². The van der Waals surface area contributed by atoms with E-state index >= 15 is 0 Å². The molecule has 0 bridgehead atoms. The summed E-state index contributed by atoms with van der Waals surface area (Å²) in [4.78, 5) is 7.26. The number of imidazole rings is 1. The number of alkyl halides is 3. The number of nitrogens with two attached hydrogens (primary N) is 1. The van der Waals surface area contributed by atoms with E-state index in [2.05, 4.69) is 14.3 Å². The highest BCUT2D eigenvalue weighted by molar-refractivity contribution is 7.08. The second-order valence-corrected chi connectivity index (χ2v) is 3.55. The SMILES string of the molecule is NCc1nccn1-c1nc(C(F)(F)F)ns1. The minimum atomic E-state index is -4.53. The average molecular weight is 249 g/mol. The molecule has 0 saturated heterocycles. The number of hydrogen-bond donors (Lipinski definition) is 1. The van der Waals surface area contributed by atoms with E-state index in [1.165, 1.54) is 17.0 Å². The quantitative estimate of drug-likeness (QED) is 0.868. The molecule has 0 aromatic carbocycles. The molecule has 9 heteroatoms. The molecule has 2 heterocycles. The Hall–Kier alpha value is -1.48. The maximum absolute atomic E-state index is 12.3. The molecule has 16 heavy (non-hydrogen) atoms. The fraction of sp³-hybridized carbons (Fsp3) is 0.286. The first kappa shape index (κ1) is 11.0. The summed E-state index contributed by atoms with van der Waals surface area (Å²) in [5.41, 5.74) is 5.38. The average Bonchev–Trinajstić information content (AvgIpc) is 2.84. The third-order valence-corrected chi connectivity index (χ3v) is 2.49. The summed E-state index contributed by atoms with van der Waals surface area (Å²) >= 11 is 0.650. The van der Waals surface area contributed by atoms with Gasteiger partial charge in [-0.15, -0.1) is 0 Å². The van der Waals surface area contributed by atoms with Gasteiger partial charge in [0.2, 0.25) is 11.0 Å². The Bertz CT molecular complexity index is 488. The van der Waals surface area contributed by atoms with Crippen molar-refractivity contribution in [3.05, 3.63) is 24.0 Å². The van der Waals surface area contributed by atoms with Crippen molar-refractivity contribution in [1.29, 1.82) is 0 Å². The number of rotatable bonds is 2. The van der Waals surface area contributed by atoms with Crippen LogP contribution in [0.3, 0.4) is 0 Å². The van der Waals surface area contributed by atoms with Gasteiger partial charge in [-0.2, -0.15) is 22.5 Å². The summed E-state index contributed by atoms with van der Waals surface area (Å²) in [6.45, 7) is 0.119. The van der Waals surface area contributed by atoms with E-state index in [1.54, 1.807) is 0 Å². The van der Waals surface area contributed by atoms with Gasteiger partial charge in [-0.1, -0.05) is 0 Å². The lowest BCUT2D eigenvalue weighted by Crippen LogP contribution is -2.09. The van der Waals surface area contributed by atoms with Crippen molar-refractivity contribution in [3.63, 3.8) is 0 Å². The number of hydrogen-bond acceptors (Lipinski definition) is 5. The van der Waals surface area contributed by atoms with Crippen LogP contribution in [-0.4, -0.2) is 18.9 Å². The molecule has 0 aliphatic rings. The largest absolute Gasteiger partial charge is 0.452 e. The van der Waals surface area contributed by atoms with Gasteiger partial charge in [0, 0.05) is 23.9 Å². The van der Waals surface area contributed by atoms with Crippen LogP contribution < -0.4 is 5.73 Å². The molecule has 0 radical (unpaired) electrons. The predicted molar refractivity (Wildman–Crippen MR) is 49.9 cm³/mol. The molecule has 0 fully saturated rings. The minimum Gasteiger partial charge on any atom is -0.324 e. The molecular weight excluding hydrogens is 243 g/mol. The van der Waals surface area contributed by atoms with Crippen LogP contribution in [0.5, 0.6) is 0 Å². The highest BCUT2D eigenvalue weighted by atomic mass is 32.1. The van der Waals surface area contributed by atoms with E-state index in [0.29, 0.717) is 17.4 Å². The van der Waals surface area contributed by atoms with Crippen LogP contribution in [0.25, 0.3) is 5.13 Å². The Morgan fingerprint density at radius 3 is 2.75 bits per heavy atom. The van der Waals surface area contributed by atoms with Crippen LogP contribution in [0.15, 0.2) is 12.4 Å². The first-order valence-corrected chi connectivity index (χ1v) is 4.93. The molecule has 2 aromatic rings. The van der Waals surface area contributed by atoms with E-state index < -0.39 is 12.0 Å². The van der Waals surface area contributed by atoms with E-state index in [0.717, 1.165) is 0 Å². The van der Waals surface area contributed by atoms with Crippen LogP contribution in [0.2, 0.25) is 0 Å². The lowest BCUT2D eigenvalue weighted by Gasteiger charge is -2.00. The highest BCUT2D eigenvalue weighted by Crippen LogP contribution is 2.28. The predicted octanol–water partition coefficient (Wildman–Crippen LogP) is 1.20. The zero-order valence-corrected chi connectivity index (χ0v) is 8.59. The summed E-state index contributed by atoms with van der Waals surface area (Å²) in [7, 11) is 0. The third-order valence-electron chi connectivity index (χ3n) is 1.77. The molecular formula is C7H6F3N5S. The van der Waals surface area contributed by atoms with Crippen LogP contribution >= 0.6 is 11.5 Å². The lowest BCUT2D eigenvalue weighted by atomic mass is 10.6. The molecule has 2 N–H and O–H groups in total. The Balaban J connectivity index is 2.39. The zero-order valence-electron chi connectivity index (χ0n) is 7.77. The fourth-order valence-corrected chi connectivity index (χ4v) is 1.78. The maximum Gasteiger partial charge on any atom is 0.452 e. The van der Waals surface area contributed by atoms with Crippen molar-refractivity contribution in [2.45, 2.75) is 12.7 Å².